The van der Waals surface area contributed by atoms with Gasteiger partial charge in [-0.15, -0.1) is 0 Å². The second-order valence-electron chi connectivity index (χ2n) is 4.93. The lowest BCUT2D eigenvalue weighted by molar-refractivity contribution is 0.0880. The molecule has 5 N–H and O–H groups in total. The van der Waals surface area contributed by atoms with E-state index >= 15 is 0 Å². The maximum Gasteiger partial charge on any atom is 0.255 e. The van der Waals surface area contributed by atoms with Crippen LogP contribution in [0.25, 0.3) is 0 Å². The Balaban J connectivity index is 2.98. The number of rotatable bonds is 4. The highest BCUT2D eigenvalue weighted by molar-refractivity contribution is 5.97. The molecule has 0 fully saturated rings. The molecule has 0 aliphatic carbocycles. The Bertz CT molecular complexity index is 446. The fourth-order valence-electron chi connectivity index (χ4n) is 1.46. The second-order valence-corrected chi connectivity index (χ2v) is 4.93. The average molecular weight is 252 g/mol. The van der Waals surface area contributed by atoms with Gasteiger partial charge in [-0.3, -0.25) is 4.79 Å². The van der Waals surface area contributed by atoms with Crippen molar-refractivity contribution in [2.45, 2.75) is 26.3 Å². The van der Waals surface area contributed by atoms with Crippen LogP contribution >= 0.6 is 0 Å². The van der Waals surface area contributed by atoms with Crippen molar-refractivity contribution >= 4 is 5.91 Å². The predicted octanol–water partition coefficient (Wildman–Crippen LogP) is 1.20. The van der Waals surface area contributed by atoms with Crippen LogP contribution in [0.3, 0.4) is 0 Å². The fraction of sp³-hybridized carbons (Fsp3) is 0.462. The SMILES string of the molecule is CC(C)C(C)(CN)NC(=O)c1cc(O)ccc1O. The van der Waals surface area contributed by atoms with Gasteiger partial charge >= 0.3 is 0 Å². The summed E-state index contributed by atoms with van der Waals surface area (Å²) in [4.78, 5) is 12.1. The van der Waals surface area contributed by atoms with Crippen LogP contribution in [0, 0.1) is 5.92 Å². The summed E-state index contributed by atoms with van der Waals surface area (Å²) in [5.74, 6) is -0.554. The number of amides is 1. The summed E-state index contributed by atoms with van der Waals surface area (Å²) in [6.45, 7) is 6.04. The molecule has 0 radical (unpaired) electrons. The van der Waals surface area contributed by atoms with E-state index < -0.39 is 11.4 Å². The molecule has 0 bridgehead atoms. The van der Waals surface area contributed by atoms with Crippen LogP contribution in [-0.4, -0.2) is 28.2 Å². The van der Waals surface area contributed by atoms with Gasteiger partial charge < -0.3 is 21.3 Å². The van der Waals surface area contributed by atoms with E-state index in [1.807, 2.05) is 20.8 Å². The van der Waals surface area contributed by atoms with E-state index in [-0.39, 0.29) is 29.5 Å². The van der Waals surface area contributed by atoms with E-state index in [2.05, 4.69) is 5.32 Å². The topological polar surface area (TPSA) is 95.6 Å². The van der Waals surface area contributed by atoms with E-state index in [0.717, 1.165) is 0 Å². The minimum atomic E-state index is -0.561. The fourth-order valence-corrected chi connectivity index (χ4v) is 1.46. The average Bonchev–Trinajstić information content (AvgIpc) is 2.31. The first kappa shape index (κ1) is 14.3. The van der Waals surface area contributed by atoms with E-state index in [4.69, 9.17) is 5.73 Å². The van der Waals surface area contributed by atoms with Gasteiger partial charge in [-0.25, -0.2) is 0 Å². The van der Waals surface area contributed by atoms with Crippen molar-refractivity contribution in [2.75, 3.05) is 6.54 Å². The minimum Gasteiger partial charge on any atom is -0.508 e. The van der Waals surface area contributed by atoms with Gasteiger partial charge in [-0.2, -0.15) is 0 Å². The first-order valence-electron chi connectivity index (χ1n) is 5.84. The third-order valence-corrected chi connectivity index (χ3v) is 3.32. The monoisotopic (exact) mass is 252 g/mol. The number of aromatic hydroxyl groups is 2. The molecule has 0 aromatic heterocycles. The molecule has 0 spiro atoms. The molecule has 1 aromatic rings. The third kappa shape index (κ3) is 2.92. The standard InChI is InChI=1S/C13H20N2O3/c1-8(2)13(3,7-14)15-12(18)10-6-9(16)4-5-11(10)17/h4-6,8,16-17H,7,14H2,1-3H3,(H,15,18). The summed E-state index contributed by atoms with van der Waals surface area (Å²) in [7, 11) is 0. The van der Waals surface area contributed by atoms with E-state index in [1.165, 1.54) is 18.2 Å². The van der Waals surface area contributed by atoms with Gasteiger partial charge in [-0.1, -0.05) is 13.8 Å². The first-order chi connectivity index (χ1) is 8.30. The maximum atomic E-state index is 12.1. The Labute approximate surface area is 107 Å². The molecule has 1 rings (SSSR count). The van der Waals surface area contributed by atoms with Crippen molar-refractivity contribution in [1.82, 2.24) is 5.32 Å². The highest BCUT2D eigenvalue weighted by atomic mass is 16.3. The Hall–Kier alpha value is -1.75. The number of carbonyl (C=O) groups is 1. The van der Waals surface area contributed by atoms with Crippen LogP contribution < -0.4 is 11.1 Å². The lowest BCUT2D eigenvalue weighted by Gasteiger charge is -2.33. The largest absolute Gasteiger partial charge is 0.508 e. The molecular weight excluding hydrogens is 232 g/mol. The van der Waals surface area contributed by atoms with Crippen molar-refractivity contribution in [1.29, 1.82) is 0 Å². The molecule has 18 heavy (non-hydrogen) atoms. The van der Waals surface area contributed by atoms with Crippen molar-refractivity contribution in [3.8, 4) is 11.5 Å². The molecule has 0 saturated heterocycles. The Kier molecular flexibility index (Phi) is 4.19. The zero-order valence-corrected chi connectivity index (χ0v) is 10.9. The Morgan fingerprint density at radius 1 is 1.44 bits per heavy atom. The van der Waals surface area contributed by atoms with Crippen molar-refractivity contribution in [2.24, 2.45) is 11.7 Å². The van der Waals surface area contributed by atoms with Crippen LogP contribution in [-0.2, 0) is 0 Å². The smallest absolute Gasteiger partial charge is 0.255 e. The Morgan fingerprint density at radius 3 is 2.56 bits per heavy atom. The number of nitrogens with one attached hydrogen (secondary N) is 1. The number of benzene rings is 1. The van der Waals surface area contributed by atoms with E-state index in [0.29, 0.717) is 0 Å². The van der Waals surface area contributed by atoms with Crippen LogP contribution in [0.4, 0.5) is 0 Å². The summed E-state index contributed by atoms with van der Waals surface area (Å²) >= 11 is 0. The highest BCUT2D eigenvalue weighted by Gasteiger charge is 2.29. The first-order valence-corrected chi connectivity index (χ1v) is 5.84. The van der Waals surface area contributed by atoms with Gasteiger partial charge in [0.15, 0.2) is 0 Å². The van der Waals surface area contributed by atoms with Crippen LogP contribution in [0.15, 0.2) is 18.2 Å². The van der Waals surface area contributed by atoms with Gasteiger partial charge in [0.25, 0.3) is 5.91 Å². The van der Waals surface area contributed by atoms with Crippen molar-refractivity contribution < 1.29 is 15.0 Å². The number of carbonyl (C=O) groups excluding carboxylic acids is 1. The van der Waals surface area contributed by atoms with Gasteiger partial charge in [0.1, 0.15) is 11.5 Å². The molecule has 5 heteroatoms. The van der Waals surface area contributed by atoms with Gasteiger partial charge in [-0.05, 0) is 31.0 Å². The third-order valence-electron chi connectivity index (χ3n) is 3.32. The minimum absolute atomic E-state index is 0.0373. The van der Waals surface area contributed by atoms with E-state index in [1.54, 1.807) is 0 Å². The highest BCUT2D eigenvalue weighted by Crippen LogP contribution is 2.23. The lowest BCUT2D eigenvalue weighted by atomic mass is 9.88. The van der Waals surface area contributed by atoms with Crippen LogP contribution in [0.2, 0.25) is 0 Å². The predicted molar refractivity (Wildman–Crippen MR) is 69.5 cm³/mol. The summed E-state index contributed by atoms with van der Waals surface area (Å²) in [6, 6.07) is 3.82. The molecule has 0 aliphatic heterocycles. The maximum absolute atomic E-state index is 12.1. The zero-order chi connectivity index (χ0) is 13.9. The number of nitrogens with two attached hydrogens (primary N) is 1. The molecule has 1 atom stereocenters. The number of phenols is 2. The molecule has 1 aromatic carbocycles. The molecular formula is C13H20N2O3. The molecule has 0 aliphatic rings. The van der Waals surface area contributed by atoms with E-state index in [9.17, 15) is 15.0 Å². The summed E-state index contributed by atoms with van der Waals surface area (Å²) in [5.41, 5.74) is 5.15. The molecule has 0 heterocycles. The number of hydrogen-bond donors (Lipinski definition) is 4. The van der Waals surface area contributed by atoms with Gasteiger partial charge in [0.2, 0.25) is 0 Å². The molecule has 1 unspecified atom stereocenters. The van der Waals surface area contributed by atoms with Crippen LogP contribution in [0.5, 0.6) is 11.5 Å². The zero-order valence-electron chi connectivity index (χ0n) is 10.9. The number of hydrogen-bond acceptors (Lipinski definition) is 4. The number of phenolic OH excluding ortho intramolecular Hbond substituents is 2. The second kappa shape index (κ2) is 5.27. The quantitative estimate of drug-likeness (QED) is 0.605. The van der Waals surface area contributed by atoms with Crippen molar-refractivity contribution in [3.63, 3.8) is 0 Å². The van der Waals surface area contributed by atoms with Crippen molar-refractivity contribution in [3.05, 3.63) is 23.8 Å². The van der Waals surface area contributed by atoms with Crippen LogP contribution in [0.1, 0.15) is 31.1 Å². The molecule has 5 nitrogen and oxygen atoms in total. The molecule has 1 amide bonds. The molecule has 0 saturated carbocycles. The summed E-state index contributed by atoms with van der Waals surface area (Å²) < 4.78 is 0. The lowest BCUT2D eigenvalue weighted by Crippen LogP contribution is -2.55. The van der Waals surface area contributed by atoms with Gasteiger partial charge in [0.05, 0.1) is 11.1 Å². The summed E-state index contributed by atoms with van der Waals surface area (Å²) in [6.07, 6.45) is 0. The van der Waals surface area contributed by atoms with Gasteiger partial charge in [0, 0.05) is 6.54 Å². The molecule has 100 valence electrons. The normalized spacial score (nSPS) is 14.3. The Morgan fingerprint density at radius 2 is 2.06 bits per heavy atom. The summed E-state index contributed by atoms with van der Waals surface area (Å²) in [5, 5.41) is 21.7.